The van der Waals surface area contributed by atoms with Crippen LogP contribution in [0.1, 0.15) is 44.7 Å². The van der Waals surface area contributed by atoms with Crippen LogP contribution in [0.15, 0.2) is 17.1 Å². The normalized spacial score (nSPS) is 14.3. The summed E-state index contributed by atoms with van der Waals surface area (Å²) in [6.45, 7) is 8.92. The molecular weight excluding hydrogens is 457 g/mol. The number of aliphatic hydroxyl groups is 1. The van der Waals surface area contributed by atoms with E-state index in [2.05, 4.69) is 29.3 Å². The lowest BCUT2D eigenvalue weighted by atomic mass is 9.98. The van der Waals surface area contributed by atoms with Gasteiger partial charge < -0.3 is 24.8 Å². The molecule has 0 saturated heterocycles. The molecule has 7 heteroatoms. The van der Waals surface area contributed by atoms with Crippen molar-refractivity contribution in [3.05, 3.63) is 23.3 Å². The van der Waals surface area contributed by atoms with Gasteiger partial charge in [-0.3, -0.25) is 4.99 Å². The van der Waals surface area contributed by atoms with E-state index in [-0.39, 0.29) is 24.0 Å². The van der Waals surface area contributed by atoms with Gasteiger partial charge in [0.05, 0.1) is 26.4 Å². The van der Waals surface area contributed by atoms with Crippen molar-refractivity contribution in [3.8, 4) is 11.5 Å². The molecule has 27 heavy (non-hydrogen) atoms. The molecule has 0 saturated carbocycles. The molecule has 1 aromatic rings. The van der Waals surface area contributed by atoms with Crippen molar-refractivity contribution in [2.75, 3.05) is 33.9 Å². The molecule has 154 valence electrons. The summed E-state index contributed by atoms with van der Waals surface area (Å²) in [4.78, 5) is 6.97. The molecule has 0 radical (unpaired) electrons. The highest BCUT2D eigenvalue weighted by molar-refractivity contribution is 14.0. The minimum absolute atomic E-state index is 0. The predicted molar refractivity (Wildman–Crippen MR) is 121 cm³/mol. The lowest BCUT2D eigenvalue weighted by Gasteiger charge is -2.33. The number of fused-ring (bicyclic) bond motifs is 1. The fourth-order valence-electron chi connectivity index (χ4n) is 3.19. The molecule has 0 fully saturated rings. The number of ether oxygens (including phenoxy) is 2. The first-order valence-corrected chi connectivity index (χ1v) is 9.49. The molecule has 0 aliphatic carbocycles. The van der Waals surface area contributed by atoms with Crippen LogP contribution >= 0.6 is 24.0 Å². The van der Waals surface area contributed by atoms with Gasteiger partial charge in [-0.05, 0) is 49.4 Å². The Balaban J connectivity index is 0.00000364. The summed E-state index contributed by atoms with van der Waals surface area (Å²) in [5.41, 5.74) is 1.78. The number of nitrogens with one attached hydrogen (secondary N) is 1. The zero-order valence-corrected chi connectivity index (χ0v) is 19.5. The fraction of sp³-hybridized carbons (Fsp3) is 0.650. The summed E-state index contributed by atoms with van der Waals surface area (Å²) in [6.07, 6.45) is 2.32. The molecule has 0 spiro atoms. The zero-order chi connectivity index (χ0) is 19.2. The second-order valence-corrected chi connectivity index (χ2v) is 6.75. The third kappa shape index (κ3) is 5.88. The van der Waals surface area contributed by atoms with Gasteiger partial charge in [-0.25, -0.2) is 0 Å². The van der Waals surface area contributed by atoms with Crippen LogP contribution in [0.25, 0.3) is 0 Å². The van der Waals surface area contributed by atoms with Crippen LogP contribution < -0.4 is 14.8 Å². The molecule has 1 heterocycles. The monoisotopic (exact) mass is 491 g/mol. The molecule has 0 bridgehead atoms. The van der Waals surface area contributed by atoms with Crippen LogP contribution in [-0.2, 0) is 13.0 Å². The number of halogens is 1. The van der Waals surface area contributed by atoms with E-state index >= 15 is 0 Å². The van der Waals surface area contributed by atoms with E-state index in [1.54, 1.807) is 14.2 Å². The van der Waals surface area contributed by atoms with Crippen LogP contribution in [0.3, 0.4) is 0 Å². The molecular formula is C20H34IN3O3. The maximum absolute atomic E-state index is 10.5. The van der Waals surface area contributed by atoms with E-state index in [0.717, 1.165) is 43.5 Å². The Kier molecular flexibility index (Phi) is 9.66. The zero-order valence-electron chi connectivity index (χ0n) is 17.2. The first kappa shape index (κ1) is 23.8. The molecule has 2 N–H and O–H groups in total. The van der Waals surface area contributed by atoms with E-state index in [4.69, 9.17) is 14.5 Å². The summed E-state index contributed by atoms with van der Waals surface area (Å²) >= 11 is 0. The van der Waals surface area contributed by atoms with Crippen molar-refractivity contribution in [2.45, 2.75) is 52.2 Å². The SMILES string of the molecule is CCNC(=NCC(O)(CC)CC)N1CCc2cc(OC)c(OC)cc2C1.I. The molecule has 2 rings (SSSR count). The van der Waals surface area contributed by atoms with Gasteiger partial charge in [-0.15, -0.1) is 24.0 Å². The summed E-state index contributed by atoms with van der Waals surface area (Å²) in [7, 11) is 3.32. The van der Waals surface area contributed by atoms with Gasteiger partial charge in [0.25, 0.3) is 0 Å². The molecule has 1 aliphatic rings. The predicted octanol–water partition coefficient (Wildman–Crippen LogP) is 3.20. The molecule has 0 amide bonds. The Morgan fingerprint density at radius 1 is 1.15 bits per heavy atom. The van der Waals surface area contributed by atoms with Gasteiger partial charge in [-0.1, -0.05) is 13.8 Å². The van der Waals surface area contributed by atoms with Crippen LogP contribution in [0.4, 0.5) is 0 Å². The number of rotatable bonds is 7. The first-order chi connectivity index (χ1) is 12.5. The third-order valence-electron chi connectivity index (χ3n) is 5.19. The molecule has 6 nitrogen and oxygen atoms in total. The highest BCUT2D eigenvalue weighted by atomic mass is 127. The van der Waals surface area contributed by atoms with Crippen molar-refractivity contribution in [1.82, 2.24) is 10.2 Å². The van der Waals surface area contributed by atoms with Crippen LogP contribution in [-0.4, -0.2) is 55.4 Å². The quantitative estimate of drug-likeness (QED) is 0.349. The molecule has 1 aromatic carbocycles. The second-order valence-electron chi connectivity index (χ2n) is 6.75. The minimum atomic E-state index is -0.731. The summed E-state index contributed by atoms with van der Waals surface area (Å²) in [5, 5.41) is 13.9. The summed E-state index contributed by atoms with van der Waals surface area (Å²) < 4.78 is 10.9. The Morgan fingerprint density at radius 2 is 1.74 bits per heavy atom. The first-order valence-electron chi connectivity index (χ1n) is 9.49. The van der Waals surface area contributed by atoms with E-state index in [1.807, 2.05) is 13.8 Å². The number of hydrogen-bond donors (Lipinski definition) is 2. The number of aliphatic imine (C=N–C) groups is 1. The Morgan fingerprint density at radius 3 is 2.26 bits per heavy atom. The van der Waals surface area contributed by atoms with Gasteiger partial charge in [0, 0.05) is 19.6 Å². The van der Waals surface area contributed by atoms with Crippen LogP contribution in [0.2, 0.25) is 0 Å². The minimum Gasteiger partial charge on any atom is -0.493 e. The molecule has 1 aliphatic heterocycles. The van der Waals surface area contributed by atoms with Gasteiger partial charge in [-0.2, -0.15) is 0 Å². The second kappa shape index (κ2) is 10.9. The van der Waals surface area contributed by atoms with Gasteiger partial charge >= 0.3 is 0 Å². The highest BCUT2D eigenvalue weighted by Gasteiger charge is 2.25. The third-order valence-corrected chi connectivity index (χ3v) is 5.19. The average molecular weight is 491 g/mol. The van der Waals surface area contributed by atoms with Crippen LogP contribution in [0.5, 0.6) is 11.5 Å². The van der Waals surface area contributed by atoms with E-state index in [1.165, 1.54) is 11.1 Å². The van der Waals surface area contributed by atoms with Crippen molar-refractivity contribution in [3.63, 3.8) is 0 Å². The molecule has 0 atom stereocenters. The summed E-state index contributed by atoms with van der Waals surface area (Å²) in [5.74, 6) is 2.38. The standard InChI is InChI=1S/C20H33N3O3.HI/c1-6-20(24,7-2)14-22-19(21-8-3)23-10-9-15-11-17(25-4)18(26-5)12-16(15)13-23;/h11-12,24H,6-10,13-14H2,1-5H3,(H,21,22);1H. The topological polar surface area (TPSA) is 66.3 Å². The Labute approximate surface area is 180 Å². The number of guanidine groups is 1. The smallest absolute Gasteiger partial charge is 0.194 e. The van der Waals surface area contributed by atoms with Gasteiger partial charge in [0.1, 0.15) is 0 Å². The van der Waals surface area contributed by atoms with Gasteiger partial charge in [0.15, 0.2) is 17.5 Å². The maximum atomic E-state index is 10.5. The van der Waals surface area contributed by atoms with Gasteiger partial charge in [0.2, 0.25) is 0 Å². The van der Waals surface area contributed by atoms with Crippen molar-refractivity contribution in [2.24, 2.45) is 4.99 Å². The number of benzene rings is 1. The number of nitrogens with zero attached hydrogens (tertiary/aromatic N) is 2. The summed E-state index contributed by atoms with van der Waals surface area (Å²) in [6, 6.07) is 4.13. The lowest BCUT2D eigenvalue weighted by molar-refractivity contribution is 0.0415. The highest BCUT2D eigenvalue weighted by Crippen LogP contribution is 2.33. The van der Waals surface area contributed by atoms with Crippen LogP contribution in [0, 0.1) is 0 Å². The largest absolute Gasteiger partial charge is 0.493 e. The van der Waals surface area contributed by atoms with Crippen molar-refractivity contribution < 1.29 is 14.6 Å². The fourth-order valence-corrected chi connectivity index (χ4v) is 3.19. The Bertz CT molecular complexity index is 633. The number of methoxy groups -OCH3 is 2. The molecule has 0 aromatic heterocycles. The number of hydrogen-bond acceptors (Lipinski definition) is 4. The maximum Gasteiger partial charge on any atom is 0.194 e. The van der Waals surface area contributed by atoms with E-state index in [9.17, 15) is 5.11 Å². The lowest BCUT2D eigenvalue weighted by Crippen LogP contribution is -2.45. The average Bonchev–Trinajstić information content (AvgIpc) is 2.69. The van der Waals surface area contributed by atoms with E-state index in [0.29, 0.717) is 19.4 Å². The molecule has 0 unspecified atom stereocenters. The van der Waals surface area contributed by atoms with Crippen molar-refractivity contribution >= 4 is 29.9 Å². The van der Waals surface area contributed by atoms with Crippen molar-refractivity contribution in [1.29, 1.82) is 0 Å². The van der Waals surface area contributed by atoms with E-state index < -0.39 is 5.60 Å². The Hall–Kier alpha value is -1.22.